The molecular weight excluding hydrogens is 268 g/mol. The molecule has 18 heavy (non-hydrogen) atoms. The number of nitrogens with one attached hydrogen (secondary N) is 1. The highest BCUT2D eigenvalue weighted by molar-refractivity contribution is 7.03. The molecule has 94 valence electrons. The van der Waals surface area contributed by atoms with Crippen molar-refractivity contribution in [2.75, 3.05) is 6.54 Å². The monoisotopic (exact) mass is 280 g/mol. The molecule has 0 aliphatic rings. The molecule has 2 aromatic rings. The van der Waals surface area contributed by atoms with E-state index in [1.54, 1.807) is 5.38 Å². The molecule has 0 fully saturated rings. The fraction of sp³-hybridized carbons (Fsp3) is 0.231. The van der Waals surface area contributed by atoms with Crippen LogP contribution in [-0.4, -0.2) is 16.8 Å². The molecule has 0 aliphatic carbocycles. The smallest absolute Gasteiger partial charge is 0.254 e. The molecule has 5 heteroatoms. The van der Waals surface area contributed by atoms with Crippen molar-refractivity contribution >= 4 is 29.0 Å². The number of carbonyl (C=O) groups is 1. The summed E-state index contributed by atoms with van der Waals surface area (Å²) in [7, 11) is 0. The van der Waals surface area contributed by atoms with Gasteiger partial charge in [-0.05, 0) is 42.6 Å². The van der Waals surface area contributed by atoms with Crippen molar-refractivity contribution in [2.24, 2.45) is 0 Å². The number of hydrogen-bond acceptors (Lipinski definition) is 3. The zero-order chi connectivity index (χ0) is 13.0. The van der Waals surface area contributed by atoms with E-state index >= 15 is 0 Å². The van der Waals surface area contributed by atoms with E-state index in [0.29, 0.717) is 12.1 Å². The van der Waals surface area contributed by atoms with Crippen molar-refractivity contribution in [3.8, 4) is 0 Å². The number of aromatic nitrogens is 1. The van der Waals surface area contributed by atoms with Crippen LogP contribution in [0.2, 0.25) is 5.02 Å². The Morgan fingerprint density at radius 2 is 2.33 bits per heavy atom. The van der Waals surface area contributed by atoms with Gasteiger partial charge in [-0.2, -0.15) is 4.37 Å². The highest BCUT2D eigenvalue weighted by atomic mass is 35.5. The second-order valence-electron chi connectivity index (χ2n) is 3.95. The highest BCUT2D eigenvalue weighted by Crippen LogP contribution is 2.11. The van der Waals surface area contributed by atoms with Crippen molar-refractivity contribution in [3.05, 3.63) is 51.5 Å². The Balaban J connectivity index is 1.86. The van der Waals surface area contributed by atoms with Crippen LogP contribution in [0, 0.1) is 6.92 Å². The van der Waals surface area contributed by atoms with Gasteiger partial charge in [0, 0.05) is 16.9 Å². The van der Waals surface area contributed by atoms with Crippen LogP contribution in [0.5, 0.6) is 0 Å². The Kier molecular flexibility index (Phi) is 4.33. The Hall–Kier alpha value is -1.39. The minimum atomic E-state index is -0.0664. The second kappa shape index (κ2) is 5.98. The van der Waals surface area contributed by atoms with Gasteiger partial charge < -0.3 is 5.32 Å². The fourth-order valence-electron chi connectivity index (χ4n) is 1.62. The minimum absolute atomic E-state index is 0.0664. The summed E-state index contributed by atoms with van der Waals surface area (Å²) >= 11 is 7.19. The number of amides is 1. The first-order valence-corrected chi connectivity index (χ1v) is 6.82. The number of rotatable bonds is 4. The predicted molar refractivity (Wildman–Crippen MR) is 74.3 cm³/mol. The Labute approximate surface area is 115 Å². The quantitative estimate of drug-likeness (QED) is 0.935. The lowest BCUT2D eigenvalue weighted by molar-refractivity contribution is 0.0954. The molecule has 0 unspecified atom stereocenters. The van der Waals surface area contributed by atoms with E-state index in [1.807, 2.05) is 31.2 Å². The average Bonchev–Trinajstić information content (AvgIpc) is 2.75. The van der Waals surface area contributed by atoms with Gasteiger partial charge in [0.15, 0.2) is 0 Å². The zero-order valence-corrected chi connectivity index (χ0v) is 11.5. The average molecular weight is 281 g/mol. The third-order valence-corrected chi connectivity index (χ3v) is 3.54. The molecule has 0 spiro atoms. The van der Waals surface area contributed by atoms with E-state index in [9.17, 15) is 4.79 Å². The number of nitrogens with zero attached hydrogens (tertiary/aromatic N) is 1. The van der Waals surface area contributed by atoms with E-state index < -0.39 is 0 Å². The van der Waals surface area contributed by atoms with Gasteiger partial charge in [-0.15, -0.1) is 0 Å². The topological polar surface area (TPSA) is 42.0 Å². The zero-order valence-electron chi connectivity index (χ0n) is 9.94. The van der Waals surface area contributed by atoms with Crippen LogP contribution in [0.25, 0.3) is 0 Å². The third kappa shape index (κ3) is 3.31. The summed E-state index contributed by atoms with van der Waals surface area (Å²) < 4.78 is 4.08. The molecule has 0 bridgehead atoms. The van der Waals surface area contributed by atoms with Gasteiger partial charge in [0.05, 0.1) is 11.3 Å². The summed E-state index contributed by atoms with van der Waals surface area (Å²) in [5.41, 5.74) is 2.55. The first-order valence-electron chi connectivity index (χ1n) is 5.60. The van der Waals surface area contributed by atoms with Crippen molar-refractivity contribution in [3.63, 3.8) is 0 Å². The first kappa shape index (κ1) is 13.1. The predicted octanol–water partition coefficient (Wildman–Crippen LogP) is 3.08. The number of hydrogen-bond donors (Lipinski definition) is 1. The lowest BCUT2D eigenvalue weighted by Crippen LogP contribution is -2.25. The molecule has 0 radical (unpaired) electrons. The van der Waals surface area contributed by atoms with Crippen molar-refractivity contribution in [1.82, 2.24) is 9.69 Å². The Bertz CT molecular complexity index is 553. The summed E-state index contributed by atoms with van der Waals surface area (Å²) in [6, 6.07) is 7.65. The van der Waals surface area contributed by atoms with Crippen molar-refractivity contribution in [2.45, 2.75) is 13.3 Å². The third-order valence-electron chi connectivity index (χ3n) is 2.58. The van der Waals surface area contributed by atoms with E-state index in [2.05, 4.69) is 9.69 Å². The van der Waals surface area contributed by atoms with Gasteiger partial charge in [0.25, 0.3) is 5.91 Å². The van der Waals surface area contributed by atoms with Gasteiger partial charge in [-0.3, -0.25) is 4.79 Å². The molecule has 1 amide bonds. The summed E-state index contributed by atoms with van der Waals surface area (Å²) in [6.45, 7) is 2.43. The number of halogens is 1. The standard InChI is InChI=1S/C13H13ClN2OS/c1-9-12(8-18-16-9)13(17)15-6-5-10-3-2-4-11(14)7-10/h2-4,7-8H,5-6H2,1H3,(H,15,17). The molecule has 1 heterocycles. The van der Waals surface area contributed by atoms with Crippen molar-refractivity contribution < 1.29 is 4.79 Å². The molecule has 0 saturated heterocycles. The van der Waals surface area contributed by atoms with E-state index in [0.717, 1.165) is 22.7 Å². The van der Waals surface area contributed by atoms with Gasteiger partial charge in [-0.1, -0.05) is 23.7 Å². The molecule has 1 N–H and O–H groups in total. The fourth-order valence-corrected chi connectivity index (χ4v) is 2.52. The first-order chi connectivity index (χ1) is 8.66. The SMILES string of the molecule is Cc1nscc1C(=O)NCCc1cccc(Cl)c1. The van der Waals surface area contributed by atoms with E-state index in [1.165, 1.54) is 11.5 Å². The lowest BCUT2D eigenvalue weighted by Gasteiger charge is -2.05. The van der Waals surface area contributed by atoms with E-state index in [4.69, 9.17) is 11.6 Å². The Morgan fingerprint density at radius 3 is 3.00 bits per heavy atom. The molecule has 1 aromatic heterocycles. The van der Waals surface area contributed by atoms with Gasteiger partial charge in [0.1, 0.15) is 0 Å². The maximum absolute atomic E-state index is 11.8. The van der Waals surface area contributed by atoms with Crippen molar-refractivity contribution in [1.29, 1.82) is 0 Å². The largest absolute Gasteiger partial charge is 0.352 e. The van der Waals surface area contributed by atoms with Crippen LogP contribution < -0.4 is 5.32 Å². The summed E-state index contributed by atoms with van der Waals surface area (Å²) in [4.78, 5) is 11.8. The van der Waals surface area contributed by atoms with Crippen LogP contribution in [-0.2, 0) is 6.42 Å². The normalized spacial score (nSPS) is 10.3. The molecule has 1 aromatic carbocycles. The highest BCUT2D eigenvalue weighted by Gasteiger charge is 2.10. The maximum Gasteiger partial charge on any atom is 0.254 e. The molecule has 0 atom stereocenters. The van der Waals surface area contributed by atoms with E-state index in [-0.39, 0.29) is 5.91 Å². The Morgan fingerprint density at radius 1 is 1.50 bits per heavy atom. The molecule has 2 rings (SSSR count). The van der Waals surface area contributed by atoms with Crippen LogP contribution in [0.1, 0.15) is 21.6 Å². The molecular formula is C13H13ClN2OS. The van der Waals surface area contributed by atoms with Gasteiger partial charge in [-0.25, -0.2) is 0 Å². The van der Waals surface area contributed by atoms with Gasteiger partial charge >= 0.3 is 0 Å². The lowest BCUT2D eigenvalue weighted by atomic mass is 10.1. The minimum Gasteiger partial charge on any atom is -0.352 e. The van der Waals surface area contributed by atoms with Crippen LogP contribution >= 0.6 is 23.1 Å². The number of aryl methyl sites for hydroxylation is 1. The maximum atomic E-state index is 11.8. The summed E-state index contributed by atoms with van der Waals surface area (Å²) in [5, 5.41) is 5.37. The number of benzene rings is 1. The second-order valence-corrected chi connectivity index (χ2v) is 5.01. The van der Waals surface area contributed by atoms with Crippen LogP contribution in [0.3, 0.4) is 0 Å². The van der Waals surface area contributed by atoms with Crippen LogP contribution in [0.4, 0.5) is 0 Å². The van der Waals surface area contributed by atoms with Crippen LogP contribution in [0.15, 0.2) is 29.6 Å². The number of carbonyl (C=O) groups excluding carboxylic acids is 1. The molecule has 0 aliphatic heterocycles. The molecule has 3 nitrogen and oxygen atoms in total. The molecule has 0 saturated carbocycles. The van der Waals surface area contributed by atoms with Gasteiger partial charge in [0.2, 0.25) is 0 Å². The summed E-state index contributed by atoms with van der Waals surface area (Å²) in [5.74, 6) is -0.0664. The summed E-state index contributed by atoms with van der Waals surface area (Å²) in [6.07, 6.45) is 0.767.